The molecule has 0 aromatic heterocycles. The number of rotatable bonds is 8. The van der Waals surface area contributed by atoms with Crippen LogP contribution in [0.5, 0.6) is 0 Å². The van der Waals surface area contributed by atoms with Gasteiger partial charge < -0.3 is 20.5 Å². The predicted molar refractivity (Wildman–Crippen MR) is 134 cm³/mol. The molecular weight excluding hydrogens is 511 g/mol. The van der Waals surface area contributed by atoms with Crippen LogP contribution >= 0.6 is 11.6 Å². The number of amides is 2. The second kappa shape index (κ2) is 11.0. The Kier molecular flexibility index (Phi) is 8.59. The Balaban J connectivity index is 1.22. The van der Waals surface area contributed by atoms with Crippen molar-refractivity contribution in [3.05, 3.63) is 0 Å². The number of aliphatic hydroxyl groups excluding tert-OH is 1. The Morgan fingerprint density at radius 2 is 1.69 bits per heavy atom. The average Bonchev–Trinajstić information content (AvgIpc) is 2.81. The van der Waals surface area contributed by atoms with Crippen molar-refractivity contribution in [2.75, 3.05) is 12.9 Å². The molecule has 3 N–H and O–H groups in total. The number of carbonyl (C=O) groups is 2. The number of nitrogens with one attached hydrogen (secondary N) is 2. The number of fused-ring (bicyclic) bond motifs is 3. The molecule has 8 nitrogen and oxygen atoms in total. The largest absolute Gasteiger partial charge is 0.391 e. The van der Waals surface area contributed by atoms with Gasteiger partial charge in [-0.15, -0.1) is 11.6 Å². The summed E-state index contributed by atoms with van der Waals surface area (Å²) in [5.74, 6) is -0.204. The zero-order valence-electron chi connectivity index (χ0n) is 21.0. The summed E-state index contributed by atoms with van der Waals surface area (Å²) in [6.45, 7) is -0.147. The number of hydrogen-bond acceptors (Lipinski definition) is 6. The summed E-state index contributed by atoms with van der Waals surface area (Å²) in [4.78, 5) is 25.5. The van der Waals surface area contributed by atoms with Gasteiger partial charge in [-0.2, -0.15) is 0 Å². The SMILES string of the molecule is CS(=O)(=O)C1CCC(CC(=O)NC23CCC(NC(=O)COC4CCC(Cl)C(F)C4)(CC2)CC3O)CC1. The molecule has 5 saturated carbocycles. The van der Waals surface area contributed by atoms with Crippen LogP contribution in [0.15, 0.2) is 0 Å². The third-order valence-corrected chi connectivity index (χ3v) is 11.3. The number of aliphatic hydroxyl groups is 1. The number of carbonyl (C=O) groups excluding carboxylic acids is 2. The van der Waals surface area contributed by atoms with Gasteiger partial charge in [0.25, 0.3) is 0 Å². The topological polar surface area (TPSA) is 122 Å². The molecule has 2 bridgehead atoms. The van der Waals surface area contributed by atoms with E-state index >= 15 is 0 Å². The van der Waals surface area contributed by atoms with E-state index in [1.165, 1.54) is 6.26 Å². The first-order chi connectivity index (χ1) is 16.9. The van der Waals surface area contributed by atoms with Gasteiger partial charge in [0.05, 0.1) is 28.4 Å². The molecule has 0 spiro atoms. The molecule has 2 amide bonds. The van der Waals surface area contributed by atoms with E-state index < -0.39 is 38.6 Å². The van der Waals surface area contributed by atoms with Gasteiger partial charge in [0.2, 0.25) is 11.8 Å². The second-order valence-corrected chi connectivity index (χ2v) is 14.6. The molecule has 4 atom stereocenters. The molecule has 5 aliphatic rings. The first kappa shape index (κ1) is 28.0. The van der Waals surface area contributed by atoms with Crippen LogP contribution in [0.2, 0.25) is 0 Å². The fourth-order valence-corrected chi connectivity index (χ4v) is 8.09. The zero-order chi connectivity index (χ0) is 26.1. The lowest BCUT2D eigenvalue weighted by Crippen LogP contribution is -2.70. The number of sulfone groups is 1. The third kappa shape index (κ3) is 6.53. The third-order valence-electron chi connectivity index (χ3n) is 9.08. The Bertz CT molecular complexity index is 918. The molecule has 11 heteroatoms. The maximum Gasteiger partial charge on any atom is 0.246 e. The Labute approximate surface area is 218 Å². The van der Waals surface area contributed by atoms with E-state index in [0.717, 1.165) is 12.8 Å². The summed E-state index contributed by atoms with van der Waals surface area (Å²) in [5, 5.41) is 16.4. The molecule has 4 unspecified atom stereocenters. The van der Waals surface area contributed by atoms with Crippen molar-refractivity contribution < 1.29 is 32.2 Å². The lowest BCUT2D eigenvalue weighted by molar-refractivity contribution is -0.139. The fourth-order valence-electron chi connectivity index (χ4n) is 6.74. The van der Waals surface area contributed by atoms with E-state index in [1.54, 1.807) is 0 Å². The molecule has 206 valence electrons. The highest BCUT2D eigenvalue weighted by Gasteiger charge is 2.55. The standard InChI is InChI=1S/C25H40ClFN2O6S/c1-36(33,34)18-5-2-16(3-6-18)12-22(31)29-25-10-8-24(9-11-25,14-21(25)30)28-23(32)15-35-17-4-7-19(26)20(27)13-17/h16-21,30H,2-15H2,1H3,(H,28,32)(H,29,31). The van der Waals surface area contributed by atoms with Crippen molar-refractivity contribution in [1.82, 2.24) is 10.6 Å². The van der Waals surface area contributed by atoms with Gasteiger partial charge in [-0.1, -0.05) is 0 Å². The predicted octanol–water partition coefficient (Wildman–Crippen LogP) is 2.54. The van der Waals surface area contributed by atoms with Crippen LogP contribution in [0, 0.1) is 5.92 Å². The number of halogens is 2. The van der Waals surface area contributed by atoms with Crippen LogP contribution in [-0.2, 0) is 24.2 Å². The number of ether oxygens (including phenoxy) is 1. The van der Waals surface area contributed by atoms with Crippen LogP contribution in [0.3, 0.4) is 0 Å². The molecule has 0 saturated heterocycles. The van der Waals surface area contributed by atoms with Crippen molar-refractivity contribution >= 4 is 33.3 Å². The second-order valence-electron chi connectivity index (χ2n) is 11.7. The van der Waals surface area contributed by atoms with Crippen LogP contribution in [0.4, 0.5) is 4.39 Å². The van der Waals surface area contributed by atoms with Gasteiger partial charge in [0.1, 0.15) is 22.6 Å². The number of alkyl halides is 2. The average molecular weight is 551 g/mol. The molecule has 5 rings (SSSR count). The lowest BCUT2D eigenvalue weighted by Gasteiger charge is -2.56. The van der Waals surface area contributed by atoms with Crippen molar-refractivity contribution in [2.24, 2.45) is 5.92 Å². The quantitative estimate of drug-likeness (QED) is 0.399. The first-order valence-corrected chi connectivity index (χ1v) is 15.7. The molecule has 0 aromatic rings. The Hall–Kier alpha value is -0.970. The van der Waals surface area contributed by atoms with Gasteiger partial charge in [0.15, 0.2) is 0 Å². The summed E-state index contributed by atoms with van der Waals surface area (Å²) in [6.07, 6.45) is 6.23. The molecule has 0 aromatic carbocycles. The van der Waals surface area contributed by atoms with Gasteiger partial charge in [-0.05, 0) is 76.5 Å². The lowest BCUT2D eigenvalue weighted by atomic mass is 9.59. The molecule has 36 heavy (non-hydrogen) atoms. The summed E-state index contributed by atoms with van der Waals surface area (Å²) in [6, 6.07) is 0. The molecule has 5 fully saturated rings. The van der Waals surface area contributed by atoms with Crippen LogP contribution in [0.25, 0.3) is 0 Å². The summed E-state index contributed by atoms with van der Waals surface area (Å²) >= 11 is 5.91. The normalized spacial score (nSPS) is 41.0. The Morgan fingerprint density at radius 1 is 1.03 bits per heavy atom. The van der Waals surface area contributed by atoms with E-state index in [4.69, 9.17) is 16.3 Å². The van der Waals surface area contributed by atoms with Gasteiger partial charge >= 0.3 is 0 Å². The van der Waals surface area contributed by atoms with Crippen molar-refractivity contribution in [1.29, 1.82) is 0 Å². The summed E-state index contributed by atoms with van der Waals surface area (Å²) in [5.41, 5.74) is -1.20. The monoisotopic (exact) mass is 550 g/mol. The molecule has 0 radical (unpaired) electrons. The molecule has 0 heterocycles. The highest BCUT2D eigenvalue weighted by molar-refractivity contribution is 7.91. The highest BCUT2D eigenvalue weighted by atomic mass is 35.5. The van der Waals surface area contributed by atoms with Gasteiger partial charge in [-0.25, -0.2) is 12.8 Å². The maximum atomic E-state index is 13.8. The maximum absolute atomic E-state index is 13.8. The fraction of sp³-hybridized carbons (Fsp3) is 0.920. The zero-order valence-corrected chi connectivity index (χ0v) is 22.6. The summed E-state index contributed by atoms with van der Waals surface area (Å²) < 4.78 is 43.0. The molecule has 0 aliphatic heterocycles. The summed E-state index contributed by atoms with van der Waals surface area (Å²) in [7, 11) is -3.04. The van der Waals surface area contributed by atoms with Gasteiger partial charge in [-0.3, -0.25) is 9.59 Å². The van der Waals surface area contributed by atoms with E-state index in [-0.39, 0.29) is 42.1 Å². The van der Waals surface area contributed by atoms with Crippen LogP contribution < -0.4 is 10.6 Å². The van der Waals surface area contributed by atoms with Gasteiger partial charge in [0, 0.05) is 24.6 Å². The van der Waals surface area contributed by atoms with E-state index in [0.29, 0.717) is 64.2 Å². The van der Waals surface area contributed by atoms with E-state index in [2.05, 4.69) is 10.6 Å². The van der Waals surface area contributed by atoms with Crippen molar-refractivity contribution in [3.63, 3.8) is 0 Å². The van der Waals surface area contributed by atoms with Crippen molar-refractivity contribution in [3.8, 4) is 0 Å². The minimum Gasteiger partial charge on any atom is -0.391 e. The molecule has 5 aliphatic carbocycles. The molecular formula is C25H40ClFN2O6S. The van der Waals surface area contributed by atoms with E-state index in [1.807, 2.05) is 0 Å². The first-order valence-electron chi connectivity index (χ1n) is 13.3. The number of hydrogen-bond donors (Lipinski definition) is 3. The highest BCUT2D eigenvalue weighted by Crippen LogP contribution is 2.47. The minimum atomic E-state index is -3.04. The van der Waals surface area contributed by atoms with E-state index in [9.17, 15) is 27.5 Å². The minimum absolute atomic E-state index is 0.0958. The Morgan fingerprint density at radius 3 is 2.28 bits per heavy atom. The van der Waals surface area contributed by atoms with Crippen molar-refractivity contribution in [2.45, 2.75) is 124 Å². The van der Waals surface area contributed by atoms with Crippen LogP contribution in [0.1, 0.15) is 83.5 Å². The van der Waals surface area contributed by atoms with Crippen LogP contribution in [-0.4, -0.2) is 78.3 Å². The smallest absolute Gasteiger partial charge is 0.246 e.